The van der Waals surface area contributed by atoms with E-state index in [1.807, 2.05) is 0 Å². The summed E-state index contributed by atoms with van der Waals surface area (Å²) in [7, 11) is 4.53. The number of rotatable bonds is 9. The van der Waals surface area contributed by atoms with E-state index in [2.05, 4.69) is 31.3 Å². The number of methoxy groups -OCH3 is 3. The highest BCUT2D eigenvalue weighted by molar-refractivity contribution is 5.89. The second kappa shape index (κ2) is 13.0. The highest BCUT2D eigenvalue weighted by Crippen LogP contribution is 2.22. The molecule has 0 bridgehead atoms. The molecule has 3 rings (SSSR count). The number of hydrazone groups is 2. The first-order valence-corrected chi connectivity index (χ1v) is 10.7. The predicted molar refractivity (Wildman–Crippen MR) is 140 cm³/mol. The number of hydrogen-bond donors (Lipinski definition) is 5. The van der Waals surface area contributed by atoms with Gasteiger partial charge in [-0.2, -0.15) is 15.3 Å². The van der Waals surface area contributed by atoms with Crippen molar-refractivity contribution in [2.75, 3.05) is 21.3 Å². The minimum atomic E-state index is -0.0177. The van der Waals surface area contributed by atoms with Crippen LogP contribution in [-0.4, -0.2) is 61.3 Å². The Bertz CT molecular complexity index is 1270. The van der Waals surface area contributed by atoms with Gasteiger partial charge in [-0.3, -0.25) is 0 Å². The van der Waals surface area contributed by atoms with Crippen LogP contribution in [0, 0.1) is 0 Å². The number of nitrogens with zero attached hydrogens (tertiary/aromatic N) is 4. The first-order chi connectivity index (χ1) is 17.9. The third-order valence-electron chi connectivity index (χ3n) is 4.81. The standard InChI is InChI=1S/C25H26N6O6/c1-35-19-4-7-22(32)16(10-19)13-26-29-25(30-27-14-17-11-20(36-2)5-8-23(17)33)31-28-15-18-12-21(37-3)6-9-24(18)34/h4-15,32-34H,1-3H3,(H2,29,30,31). The van der Waals surface area contributed by atoms with Gasteiger partial charge < -0.3 is 29.5 Å². The molecule has 5 N–H and O–H groups in total. The average molecular weight is 507 g/mol. The Balaban J connectivity index is 1.82. The van der Waals surface area contributed by atoms with E-state index in [4.69, 9.17) is 14.2 Å². The molecule has 12 heteroatoms. The number of benzene rings is 3. The summed E-state index contributed by atoms with van der Waals surface area (Å²) in [4.78, 5) is 0. The van der Waals surface area contributed by atoms with E-state index in [1.165, 1.54) is 58.2 Å². The molecule has 0 heterocycles. The van der Waals surface area contributed by atoms with Crippen LogP contribution in [0.15, 0.2) is 75.0 Å². The van der Waals surface area contributed by atoms with Crippen molar-refractivity contribution < 1.29 is 29.5 Å². The molecular formula is C25H26N6O6. The molecule has 0 aliphatic heterocycles. The van der Waals surface area contributed by atoms with Crippen LogP contribution in [0.25, 0.3) is 0 Å². The Hall–Kier alpha value is -5.26. The largest absolute Gasteiger partial charge is 0.507 e. The van der Waals surface area contributed by atoms with Crippen LogP contribution >= 0.6 is 0 Å². The van der Waals surface area contributed by atoms with Gasteiger partial charge in [-0.15, -0.1) is 5.10 Å². The van der Waals surface area contributed by atoms with Crippen LogP contribution in [0.4, 0.5) is 0 Å². The Morgan fingerprint density at radius 2 is 1.00 bits per heavy atom. The van der Waals surface area contributed by atoms with E-state index in [-0.39, 0.29) is 23.2 Å². The second-order valence-electron chi connectivity index (χ2n) is 7.21. The monoisotopic (exact) mass is 506 g/mol. The predicted octanol–water partition coefficient (Wildman–Crippen LogP) is 2.77. The van der Waals surface area contributed by atoms with Gasteiger partial charge in [0.2, 0.25) is 0 Å². The van der Waals surface area contributed by atoms with Crippen molar-refractivity contribution in [3.8, 4) is 34.5 Å². The fourth-order valence-corrected chi connectivity index (χ4v) is 2.83. The molecule has 0 amide bonds. The molecule has 0 saturated heterocycles. The van der Waals surface area contributed by atoms with Crippen molar-refractivity contribution in [1.82, 2.24) is 10.9 Å². The van der Waals surface area contributed by atoms with Crippen LogP contribution in [0.3, 0.4) is 0 Å². The zero-order chi connectivity index (χ0) is 26.6. The molecule has 0 atom stereocenters. The smallest absolute Gasteiger partial charge is 0.257 e. The number of phenols is 3. The van der Waals surface area contributed by atoms with Crippen molar-refractivity contribution in [2.24, 2.45) is 20.4 Å². The molecule has 0 aliphatic rings. The summed E-state index contributed by atoms with van der Waals surface area (Å²) < 4.78 is 15.5. The quantitative estimate of drug-likeness (QED) is 0.168. The van der Waals surface area contributed by atoms with Crippen molar-refractivity contribution in [2.45, 2.75) is 0 Å². The summed E-state index contributed by atoms with van der Waals surface area (Å²) in [5.41, 5.74) is 6.42. The van der Waals surface area contributed by atoms with Gasteiger partial charge >= 0.3 is 0 Å². The summed E-state index contributed by atoms with van der Waals surface area (Å²) in [5.74, 6) is 1.57. The first-order valence-electron chi connectivity index (χ1n) is 10.7. The fraction of sp³-hybridized carbons (Fsp3) is 0.120. The third-order valence-corrected chi connectivity index (χ3v) is 4.81. The average Bonchev–Trinajstić information content (AvgIpc) is 2.91. The highest BCUT2D eigenvalue weighted by Gasteiger charge is 2.04. The molecule has 0 spiro atoms. The zero-order valence-electron chi connectivity index (χ0n) is 20.3. The van der Waals surface area contributed by atoms with Crippen molar-refractivity contribution in [1.29, 1.82) is 0 Å². The Morgan fingerprint density at radius 3 is 1.38 bits per heavy atom. The minimum absolute atomic E-state index is 0.00385. The van der Waals surface area contributed by atoms with Crippen LogP contribution in [0.1, 0.15) is 16.7 Å². The van der Waals surface area contributed by atoms with Gasteiger partial charge in [0.05, 0.1) is 40.0 Å². The molecule has 37 heavy (non-hydrogen) atoms. The van der Waals surface area contributed by atoms with Gasteiger partial charge in [0, 0.05) is 16.7 Å². The molecule has 0 aromatic heterocycles. The molecule has 0 fully saturated rings. The van der Waals surface area contributed by atoms with E-state index >= 15 is 0 Å². The minimum Gasteiger partial charge on any atom is -0.507 e. The molecule has 3 aromatic carbocycles. The molecule has 0 unspecified atom stereocenters. The van der Waals surface area contributed by atoms with E-state index < -0.39 is 0 Å². The lowest BCUT2D eigenvalue weighted by Gasteiger charge is -2.05. The Morgan fingerprint density at radius 1 is 0.622 bits per heavy atom. The molecule has 0 radical (unpaired) electrons. The van der Waals surface area contributed by atoms with E-state index in [1.54, 1.807) is 36.4 Å². The number of aromatic hydroxyl groups is 3. The lowest BCUT2D eigenvalue weighted by Crippen LogP contribution is -2.30. The van der Waals surface area contributed by atoms with Gasteiger partial charge in [0.25, 0.3) is 5.96 Å². The number of phenolic OH excluding ortho intramolecular Hbond substituents is 3. The SMILES string of the molecule is COc1ccc(O)c(C=NN=C(NN=Cc2cc(OC)ccc2O)NN=Cc2cc(OC)ccc2O)c1. The van der Waals surface area contributed by atoms with Gasteiger partial charge in [0.1, 0.15) is 34.5 Å². The lowest BCUT2D eigenvalue weighted by molar-refractivity contribution is 0.412. The lowest BCUT2D eigenvalue weighted by atomic mass is 10.2. The summed E-state index contributed by atoms with van der Waals surface area (Å²) in [6.45, 7) is 0. The van der Waals surface area contributed by atoms with Gasteiger partial charge in [-0.1, -0.05) is 0 Å². The van der Waals surface area contributed by atoms with Crippen LogP contribution < -0.4 is 25.1 Å². The summed E-state index contributed by atoms with van der Waals surface area (Å²) in [6, 6.07) is 14.0. The van der Waals surface area contributed by atoms with Crippen molar-refractivity contribution in [3.05, 3.63) is 71.3 Å². The molecule has 12 nitrogen and oxygen atoms in total. The summed E-state index contributed by atoms with van der Waals surface area (Å²) in [6.07, 6.45) is 4.02. The van der Waals surface area contributed by atoms with Crippen LogP contribution in [0.5, 0.6) is 34.5 Å². The topological polar surface area (TPSA) is 162 Å². The van der Waals surface area contributed by atoms with E-state index in [0.29, 0.717) is 33.9 Å². The maximum absolute atomic E-state index is 10.0. The first kappa shape index (κ1) is 26.3. The van der Waals surface area contributed by atoms with Gasteiger partial charge in [-0.25, -0.2) is 10.9 Å². The van der Waals surface area contributed by atoms with Gasteiger partial charge in [-0.05, 0) is 54.6 Å². The zero-order valence-corrected chi connectivity index (χ0v) is 20.3. The highest BCUT2D eigenvalue weighted by atomic mass is 16.5. The number of ether oxygens (including phenoxy) is 3. The third kappa shape index (κ3) is 7.62. The maximum Gasteiger partial charge on any atom is 0.257 e. The number of hydrogen-bond acceptors (Lipinski definition) is 10. The van der Waals surface area contributed by atoms with Crippen molar-refractivity contribution in [3.63, 3.8) is 0 Å². The molecule has 0 saturated carbocycles. The van der Waals surface area contributed by atoms with Crippen LogP contribution in [-0.2, 0) is 0 Å². The second-order valence-corrected chi connectivity index (χ2v) is 7.21. The van der Waals surface area contributed by atoms with Crippen LogP contribution in [0.2, 0.25) is 0 Å². The fourth-order valence-electron chi connectivity index (χ4n) is 2.83. The number of nitrogens with one attached hydrogen (secondary N) is 2. The summed E-state index contributed by atoms with van der Waals surface area (Å²) >= 11 is 0. The number of guanidine groups is 1. The maximum atomic E-state index is 10.0. The molecular weight excluding hydrogens is 480 g/mol. The van der Waals surface area contributed by atoms with Gasteiger partial charge in [0.15, 0.2) is 0 Å². The molecule has 0 aliphatic carbocycles. The van der Waals surface area contributed by atoms with E-state index in [9.17, 15) is 15.3 Å². The molecule has 192 valence electrons. The van der Waals surface area contributed by atoms with Crippen molar-refractivity contribution >= 4 is 24.6 Å². The molecule has 3 aromatic rings. The Labute approximate surface area is 212 Å². The summed E-state index contributed by atoms with van der Waals surface area (Å²) in [5, 5.41) is 46.1. The Kier molecular flexibility index (Phi) is 9.25. The van der Waals surface area contributed by atoms with E-state index in [0.717, 1.165) is 0 Å². The normalized spacial score (nSPS) is 11.1.